The number of benzene rings is 3. The fraction of sp³-hybridized carbons (Fsp3) is 0.389. The molecule has 0 aliphatic carbocycles. The maximum atomic E-state index is 14.3. The molecule has 10 heteroatoms. The topological polar surface area (TPSA) is 96.1 Å². The smallest absolute Gasteiger partial charge is 0.253 e. The largest absolute Gasteiger partial charge is 0.340 e. The zero-order valence-corrected chi connectivity index (χ0v) is 25.9. The normalized spacial score (nSPS) is 22.7. The molecule has 10 nitrogen and oxygen atoms in total. The number of carbonyl (C=O) groups excluding carboxylic acids is 3. The predicted molar refractivity (Wildman–Crippen MR) is 175 cm³/mol. The van der Waals surface area contributed by atoms with Crippen molar-refractivity contribution in [2.75, 3.05) is 57.4 Å². The second kappa shape index (κ2) is 11.6. The van der Waals surface area contributed by atoms with Crippen molar-refractivity contribution in [2.24, 2.45) is 11.8 Å². The Morgan fingerprint density at radius 1 is 0.848 bits per heavy atom. The average molecular weight is 618 g/mol. The van der Waals surface area contributed by atoms with Gasteiger partial charge in [-0.2, -0.15) is 5.10 Å². The van der Waals surface area contributed by atoms with E-state index in [1.54, 1.807) is 11.1 Å². The first-order valence-corrected chi connectivity index (χ1v) is 16.4. The molecule has 236 valence electrons. The third kappa shape index (κ3) is 5.10. The molecule has 3 amide bonds. The van der Waals surface area contributed by atoms with Crippen LogP contribution in [0.4, 0.5) is 5.69 Å². The monoisotopic (exact) mass is 617 g/mol. The first-order valence-electron chi connectivity index (χ1n) is 16.4. The number of anilines is 1. The van der Waals surface area contributed by atoms with Crippen LogP contribution in [0.3, 0.4) is 0 Å². The minimum atomic E-state index is -0.785. The van der Waals surface area contributed by atoms with E-state index >= 15 is 0 Å². The molecule has 1 spiro atoms. The molecule has 1 N–H and O–H groups in total. The van der Waals surface area contributed by atoms with E-state index in [9.17, 15) is 14.4 Å². The van der Waals surface area contributed by atoms with Crippen molar-refractivity contribution in [3.8, 4) is 0 Å². The minimum absolute atomic E-state index is 0.00922. The molecule has 4 fully saturated rings. The Labute approximate surface area is 268 Å². The van der Waals surface area contributed by atoms with Crippen molar-refractivity contribution in [1.29, 1.82) is 0 Å². The van der Waals surface area contributed by atoms with Gasteiger partial charge in [0, 0.05) is 62.5 Å². The first kappa shape index (κ1) is 28.8. The summed E-state index contributed by atoms with van der Waals surface area (Å²) in [6, 6.07) is 26.1. The molecule has 2 atom stereocenters. The highest BCUT2D eigenvalue weighted by Gasteiger charge is 2.55. The van der Waals surface area contributed by atoms with Crippen LogP contribution in [0.1, 0.15) is 28.8 Å². The number of H-pyrrole nitrogens is 1. The third-order valence-corrected chi connectivity index (χ3v) is 10.6. The molecule has 1 aromatic heterocycles. The number of amides is 3. The van der Waals surface area contributed by atoms with Crippen LogP contribution in [0.5, 0.6) is 0 Å². The Balaban J connectivity index is 0.934. The third-order valence-electron chi connectivity index (χ3n) is 10.6. The maximum absolute atomic E-state index is 14.3. The molecular weight excluding hydrogens is 578 g/mol. The van der Waals surface area contributed by atoms with Gasteiger partial charge in [-0.15, -0.1) is 0 Å². The Bertz CT molecular complexity index is 1740. The number of likely N-dealkylation sites (tertiary alicyclic amines) is 3. The number of para-hydroxylation sites is 1. The Kier molecular flexibility index (Phi) is 7.24. The SMILES string of the molecule is O=C(CN1CN(c2ccccc2)C2(CCN(C(=O)c3ccc4[nH]ncc4c3)CC2)C1=O)N1CC2CN(Cc3ccccc3)CC2C1. The minimum Gasteiger partial charge on any atom is -0.340 e. The van der Waals surface area contributed by atoms with E-state index in [-0.39, 0.29) is 24.3 Å². The van der Waals surface area contributed by atoms with Gasteiger partial charge in [-0.05, 0) is 60.6 Å². The van der Waals surface area contributed by atoms with Gasteiger partial charge >= 0.3 is 0 Å². The van der Waals surface area contributed by atoms with Crippen LogP contribution in [0.25, 0.3) is 10.9 Å². The lowest BCUT2D eigenvalue weighted by Gasteiger charge is -2.43. The van der Waals surface area contributed by atoms with Crippen molar-refractivity contribution in [1.82, 2.24) is 29.8 Å². The number of aromatic amines is 1. The standard InChI is InChI=1S/C36H39N7O3/c44-33(41-22-29-20-39(21-30(29)23-41)19-26-7-3-1-4-8-26)24-42-25-43(31-9-5-2-6-10-31)36(35(42)46)13-15-40(16-14-36)34(45)27-11-12-32-28(17-27)18-37-38-32/h1-12,17-18,29-30H,13-16,19-25H2,(H,37,38). The molecule has 4 aromatic rings. The van der Waals surface area contributed by atoms with Gasteiger partial charge < -0.3 is 19.6 Å². The van der Waals surface area contributed by atoms with Crippen molar-refractivity contribution >= 4 is 34.3 Å². The van der Waals surface area contributed by atoms with E-state index in [1.165, 1.54) is 5.56 Å². The summed E-state index contributed by atoms with van der Waals surface area (Å²) in [6.45, 7) is 5.85. The molecule has 0 bridgehead atoms. The number of hydrogen-bond acceptors (Lipinski definition) is 6. The summed E-state index contributed by atoms with van der Waals surface area (Å²) in [4.78, 5) is 51.7. The number of piperidine rings is 1. The van der Waals surface area contributed by atoms with Crippen LogP contribution in [0.15, 0.2) is 85.1 Å². The van der Waals surface area contributed by atoms with Gasteiger partial charge in [0.15, 0.2) is 0 Å². The van der Waals surface area contributed by atoms with Crippen molar-refractivity contribution in [2.45, 2.75) is 24.9 Å². The fourth-order valence-electron chi connectivity index (χ4n) is 8.19. The number of hydrogen-bond donors (Lipinski definition) is 1. The van der Waals surface area contributed by atoms with Gasteiger partial charge in [-0.3, -0.25) is 24.4 Å². The van der Waals surface area contributed by atoms with Crippen LogP contribution in [-0.4, -0.2) is 106 Å². The summed E-state index contributed by atoms with van der Waals surface area (Å²) in [5.41, 5.74) is 3.01. The lowest BCUT2D eigenvalue weighted by Crippen LogP contribution is -2.57. The summed E-state index contributed by atoms with van der Waals surface area (Å²) >= 11 is 0. The van der Waals surface area contributed by atoms with Crippen LogP contribution in [0, 0.1) is 11.8 Å². The summed E-state index contributed by atoms with van der Waals surface area (Å²) in [6.07, 6.45) is 2.74. The van der Waals surface area contributed by atoms with Crippen LogP contribution < -0.4 is 4.90 Å². The molecule has 5 heterocycles. The molecule has 4 aliphatic rings. The Morgan fingerprint density at radius 3 is 2.26 bits per heavy atom. The molecule has 4 aliphatic heterocycles. The molecule has 4 saturated heterocycles. The van der Waals surface area contributed by atoms with Gasteiger partial charge in [0.2, 0.25) is 5.91 Å². The summed E-state index contributed by atoms with van der Waals surface area (Å²) < 4.78 is 0. The highest BCUT2D eigenvalue weighted by molar-refractivity contribution is 5.99. The zero-order valence-electron chi connectivity index (χ0n) is 25.9. The average Bonchev–Trinajstić information content (AvgIpc) is 3.86. The number of carbonyl (C=O) groups is 3. The van der Waals surface area contributed by atoms with E-state index in [2.05, 4.69) is 44.3 Å². The molecule has 3 aromatic carbocycles. The first-order chi connectivity index (χ1) is 22.5. The fourth-order valence-corrected chi connectivity index (χ4v) is 8.19. The molecule has 46 heavy (non-hydrogen) atoms. The molecule has 0 radical (unpaired) electrons. The summed E-state index contributed by atoms with van der Waals surface area (Å²) in [5, 5.41) is 7.89. The number of fused-ring (bicyclic) bond motifs is 2. The van der Waals surface area contributed by atoms with E-state index in [0.717, 1.165) is 49.3 Å². The van der Waals surface area contributed by atoms with Gasteiger partial charge in [-0.1, -0.05) is 48.5 Å². The van der Waals surface area contributed by atoms with E-state index in [4.69, 9.17) is 0 Å². The zero-order chi connectivity index (χ0) is 31.3. The number of nitrogens with one attached hydrogen (secondary N) is 1. The molecule has 0 saturated carbocycles. The van der Waals surface area contributed by atoms with Crippen molar-refractivity contribution in [3.63, 3.8) is 0 Å². The van der Waals surface area contributed by atoms with E-state index in [0.29, 0.717) is 50.0 Å². The van der Waals surface area contributed by atoms with Crippen LogP contribution in [-0.2, 0) is 16.1 Å². The highest BCUT2D eigenvalue weighted by atomic mass is 16.2. The maximum Gasteiger partial charge on any atom is 0.253 e. The van der Waals surface area contributed by atoms with E-state index < -0.39 is 5.54 Å². The van der Waals surface area contributed by atoms with E-state index in [1.807, 2.05) is 64.4 Å². The lowest BCUT2D eigenvalue weighted by molar-refractivity contribution is -0.140. The predicted octanol–water partition coefficient (Wildman–Crippen LogP) is 3.43. The number of nitrogens with zero attached hydrogens (tertiary/aromatic N) is 6. The van der Waals surface area contributed by atoms with Gasteiger partial charge in [-0.25, -0.2) is 0 Å². The lowest BCUT2D eigenvalue weighted by atomic mass is 9.85. The molecule has 2 unspecified atom stereocenters. The van der Waals surface area contributed by atoms with Crippen LogP contribution in [0.2, 0.25) is 0 Å². The van der Waals surface area contributed by atoms with Gasteiger partial charge in [0.25, 0.3) is 11.8 Å². The van der Waals surface area contributed by atoms with Crippen molar-refractivity contribution in [3.05, 3.63) is 96.2 Å². The molecular formula is C36H39N7O3. The molecule has 8 rings (SSSR count). The van der Waals surface area contributed by atoms with Gasteiger partial charge in [0.1, 0.15) is 12.1 Å². The summed E-state index contributed by atoms with van der Waals surface area (Å²) in [7, 11) is 0. The second-order valence-corrected chi connectivity index (χ2v) is 13.4. The number of aromatic nitrogens is 2. The highest BCUT2D eigenvalue weighted by Crippen LogP contribution is 2.40. The summed E-state index contributed by atoms with van der Waals surface area (Å²) in [5.74, 6) is 0.939. The van der Waals surface area contributed by atoms with Crippen molar-refractivity contribution < 1.29 is 14.4 Å². The Morgan fingerprint density at radius 2 is 1.54 bits per heavy atom. The Hall–Kier alpha value is -4.70. The second-order valence-electron chi connectivity index (χ2n) is 13.4. The number of rotatable bonds is 6. The van der Waals surface area contributed by atoms with Crippen LogP contribution >= 0.6 is 0 Å². The van der Waals surface area contributed by atoms with Gasteiger partial charge in [0.05, 0.1) is 18.4 Å². The quantitative estimate of drug-likeness (QED) is 0.356.